The van der Waals surface area contributed by atoms with E-state index in [0.717, 1.165) is 33.3 Å². The molecule has 1 atom stereocenters. The van der Waals surface area contributed by atoms with E-state index in [9.17, 15) is 17.6 Å². The van der Waals surface area contributed by atoms with Crippen LogP contribution in [0.4, 0.5) is 22.7 Å². The van der Waals surface area contributed by atoms with Crippen molar-refractivity contribution < 1.29 is 17.6 Å². The van der Waals surface area contributed by atoms with E-state index in [1.54, 1.807) is 18.5 Å². The van der Waals surface area contributed by atoms with E-state index in [-0.39, 0.29) is 11.9 Å². The lowest BCUT2D eigenvalue weighted by molar-refractivity contribution is -0.137. The van der Waals surface area contributed by atoms with E-state index in [0.29, 0.717) is 34.9 Å². The van der Waals surface area contributed by atoms with Crippen LogP contribution in [-0.2, 0) is 12.6 Å². The number of rotatable bonds is 7. The highest BCUT2D eigenvalue weighted by atomic mass is 32.1. The van der Waals surface area contributed by atoms with Crippen LogP contribution in [0, 0.1) is 5.82 Å². The number of benzene rings is 3. The van der Waals surface area contributed by atoms with Crippen LogP contribution in [0.2, 0.25) is 0 Å². The average Bonchev–Trinajstić information content (AvgIpc) is 3.31. The van der Waals surface area contributed by atoms with Gasteiger partial charge in [0.15, 0.2) is 5.13 Å². The third-order valence-corrected chi connectivity index (χ3v) is 6.98. The Bertz CT molecular complexity index is 1530. The molecule has 0 bridgehead atoms. The Balaban J connectivity index is 1.37. The lowest BCUT2D eigenvalue weighted by atomic mass is 10.0. The number of pyridine rings is 1. The lowest BCUT2D eigenvalue weighted by Gasteiger charge is -2.13. The van der Waals surface area contributed by atoms with Gasteiger partial charge in [-0.2, -0.15) is 13.2 Å². The molecule has 3 N–H and O–H groups in total. The topological polar surface area (TPSA) is 63.8 Å². The Morgan fingerprint density at radius 1 is 0.919 bits per heavy atom. The monoisotopic (exact) mass is 522 g/mol. The smallest absolute Gasteiger partial charge is 0.360 e. The SMILES string of the molecule is N[C@H](CNc1nc(-c2cccc(F)c2)c(-c2ccc3cnccc3c2)s1)Cc1ccc(C(F)(F)F)cc1. The number of thiazole rings is 1. The van der Waals surface area contributed by atoms with Gasteiger partial charge in [0.25, 0.3) is 0 Å². The van der Waals surface area contributed by atoms with Crippen LogP contribution in [0.15, 0.2) is 85.2 Å². The summed E-state index contributed by atoms with van der Waals surface area (Å²) in [5.74, 6) is -0.353. The summed E-state index contributed by atoms with van der Waals surface area (Å²) >= 11 is 1.43. The molecule has 5 aromatic rings. The molecule has 0 aliphatic carbocycles. The molecule has 0 saturated heterocycles. The number of aromatic nitrogens is 2. The largest absolute Gasteiger partial charge is 0.416 e. The fraction of sp³-hybridized carbons (Fsp3) is 0.143. The van der Waals surface area contributed by atoms with Gasteiger partial charge in [0.05, 0.1) is 16.1 Å². The standard InChI is InChI=1S/C28H22F4N4S/c29-23-3-1-2-19(14-23)25-26(20-6-7-21-15-34-11-10-18(21)13-20)37-27(36-25)35-16-24(33)12-17-4-8-22(9-5-17)28(30,31)32/h1-11,13-15,24H,12,16,33H2,(H,35,36)/t24-/m0/s1. The van der Waals surface area contributed by atoms with Crippen molar-refractivity contribution >= 4 is 27.2 Å². The molecule has 0 fully saturated rings. The van der Waals surface area contributed by atoms with Gasteiger partial charge in [0.2, 0.25) is 0 Å². The van der Waals surface area contributed by atoms with Crippen LogP contribution < -0.4 is 11.1 Å². The maximum Gasteiger partial charge on any atom is 0.416 e. The average molecular weight is 523 g/mol. The molecule has 0 radical (unpaired) electrons. The van der Waals surface area contributed by atoms with E-state index < -0.39 is 11.7 Å². The lowest BCUT2D eigenvalue weighted by Crippen LogP contribution is -2.31. The number of halogens is 4. The third-order valence-electron chi connectivity index (χ3n) is 5.92. The fourth-order valence-electron chi connectivity index (χ4n) is 4.07. The van der Waals surface area contributed by atoms with E-state index in [4.69, 9.17) is 10.7 Å². The van der Waals surface area contributed by atoms with Gasteiger partial charge in [-0.3, -0.25) is 4.98 Å². The maximum atomic E-state index is 14.0. The molecule has 0 saturated carbocycles. The summed E-state index contributed by atoms with van der Waals surface area (Å²) in [4.78, 5) is 9.78. The first-order valence-corrected chi connectivity index (χ1v) is 12.3. The molecule has 9 heteroatoms. The van der Waals surface area contributed by atoms with Crippen molar-refractivity contribution in [1.82, 2.24) is 9.97 Å². The molecule has 0 unspecified atom stereocenters. The van der Waals surface area contributed by atoms with Crippen LogP contribution in [0.25, 0.3) is 32.5 Å². The highest BCUT2D eigenvalue weighted by Crippen LogP contribution is 2.40. The molecule has 37 heavy (non-hydrogen) atoms. The van der Waals surface area contributed by atoms with E-state index >= 15 is 0 Å². The Morgan fingerprint density at radius 2 is 1.73 bits per heavy atom. The highest BCUT2D eigenvalue weighted by Gasteiger charge is 2.30. The number of nitrogens with one attached hydrogen (secondary N) is 1. The number of fused-ring (bicyclic) bond motifs is 1. The van der Waals surface area contributed by atoms with Gasteiger partial charge in [-0.1, -0.05) is 47.7 Å². The van der Waals surface area contributed by atoms with Crippen molar-refractivity contribution in [2.75, 3.05) is 11.9 Å². The predicted molar refractivity (Wildman–Crippen MR) is 140 cm³/mol. The number of hydrogen-bond donors (Lipinski definition) is 2. The quantitative estimate of drug-likeness (QED) is 0.223. The maximum absolute atomic E-state index is 14.0. The van der Waals surface area contributed by atoms with Gasteiger partial charge in [-0.15, -0.1) is 0 Å². The second-order valence-corrected chi connectivity index (χ2v) is 9.68. The molecule has 188 valence electrons. The second kappa shape index (κ2) is 10.3. The Kier molecular flexibility index (Phi) is 6.90. The van der Waals surface area contributed by atoms with Gasteiger partial charge < -0.3 is 11.1 Å². The first-order valence-electron chi connectivity index (χ1n) is 11.5. The molecular weight excluding hydrogens is 500 g/mol. The molecule has 0 spiro atoms. The van der Waals surface area contributed by atoms with Crippen molar-refractivity contribution in [1.29, 1.82) is 0 Å². The summed E-state index contributed by atoms with van der Waals surface area (Å²) < 4.78 is 52.4. The zero-order chi connectivity index (χ0) is 26.0. The molecule has 0 aliphatic rings. The third kappa shape index (κ3) is 5.79. The van der Waals surface area contributed by atoms with E-state index in [1.165, 1.54) is 35.6 Å². The van der Waals surface area contributed by atoms with Gasteiger partial charge in [0.1, 0.15) is 5.82 Å². The Hall–Kier alpha value is -3.82. The predicted octanol–water partition coefficient (Wildman–Crippen LogP) is 7.17. The molecule has 2 aromatic heterocycles. The molecule has 4 nitrogen and oxygen atoms in total. The number of nitrogens with zero attached hydrogens (tertiary/aromatic N) is 2. The van der Waals surface area contributed by atoms with Crippen molar-refractivity contribution in [3.05, 3.63) is 102 Å². The first kappa shape index (κ1) is 24.9. The minimum absolute atomic E-state index is 0.352. The number of nitrogens with two attached hydrogens (primary N) is 1. The zero-order valence-corrected chi connectivity index (χ0v) is 20.3. The van der Waals surface area contributed by atoms with Gasteiger partial charge in [-0.05, 0) is 59.3 Å². The second-order valence-electron chi connectivity index (χ2n) is 8.68. The number of hydrogen-bond acceptors (Lipinski definition) is 5. The van der Waals surface area contributed by atoms with Crippen LogP contribution in [0.5, 0.6) is 0 Å². The van der Waals surface area contributed by atoms with E-state index in [2.05, 4.69) is 10.3 Å². The normalized spacial score (nSPS) is 12.6. The molecular formula is C28H22F4N4S. The highest BCUT2D eigenvalue weighted by molar-refractivity contribution is 7.19. The molecule has 5 rings (SSSR count). The first-order chi connectivity index (χ1) is 17.8. The van der Waals surface area contributed by atoms with Crippen molar-refractivity contribution in [3.8, 4) is 21.7 Å². The van der Waals surface area contributed by atoms with Gasteiger partial charge in [-0.25, -0.2) is 9.37 Å². The molecule has 2 heterocycles. The summed E-state index contributed by atoms with van der Waals surface area (Å²) in [7, 11) is 0. The summed E-state index contributed by atoms with van der Waals surface area (Å²) in [6.45, 7) is 0.361. The molecule has 0 aliphatic heterocycles. The fourth-order valence-corrected chi connectivity index (χ4v) is 5.06. The van der Waals surface area contributed by atoms with Crippen molar-refractivity contribution in [3.63, 3.8) is 0 Å². The molecule has 3 aromatic carbocycles. The summed E-state index contributed by atoms with van der Waals surface area (Å²) in [6, 6.07) is 18.9. The Morgan fingerprint density at radius 3 is 2.49 bits per heavy atom. The number of alkyl halides is 3. The van der Waals surface area contributed by atoms with Gasteiger partial charge >= 0.3 is 6.18 Å². The van der Waals surface area contributed by atoms with Crippen LogP contribution in [0.1, 0.15) is 11.1 Å². The van der Waals surface area contributed by atoms with Crippen LogP contribution in [0.3, 0.4) is 0 Å². The van der Waals surface area contributed by atoms with E-state index in [1.807, 2.05) is 30.3 Å². The summed E-state index contributed by atoms with van der Waals surface area (Å²) in [6.07, 6.45) is -0.438. The van der Waals surface area contributed by atoms with Crippen LogP contribution >= 0.6 is 11.3 Å². The minimum Gasteiger partial charge on any atom is -0.360 e. The Labute approximate surface area is 214 Å². The number of anilines is 1. The van der Waals surface area contributed by atoms with Crippen molar-refractivity contribution in [2.24, 2.45) is 5.73 Å². The minimum atomic E-state index is -4.37. The summed E-state index contributed by atoms with van der Waals surface area (Å²) in [5, 5.41) is 5.91. The summed E-state index contributed by atoms with van der Waals surface area (Å²) in [5.41, 5.74) is 8.54. The van der Waals surface area contributed by atoms with Crippen molar-refractivity contribution in [2.45, 2.75) is 18.6 Å². The molecule has 0 amide bonds. The van der Waals surface area contributed by atoms with Crippen LogP contribution in [-0.4, -0.2) is 22.6 Å². The van der Waals surface area contributed by atoms with Gasteiger partial charge in [0, 0.05) is 35.9 Å². The zero-order valence-electron chi connectivity index (χ0n) is 19.5.